The lowest BCUT2D eigenvalue weighted by Gasteiger charge is -2.25. The average molecular weight is 283 g/mol. The predicted molar refractivity (Wildman–Crippen MR) is 87.7 cm³/mol. The third kappa shape index (κ3) is 2.82. The molecule has 3 heteroatoms. The van der Waals surface area contributed by atoms with E-state index < -0.39 is 0 Å². The summed E-state index contributed by atoms with van der Waals surface area (Å²) in [4.78, 5) is 0. The molecule has 112 valence electrons. The molecule has 1 aliphatic carbocycles. The van der Waals surface area contributed by atoms with Crippen molar-refractivity contribution in [2.45, 2.75) is 51.5 Å². The van der Waals surface area contributed by atoms with Crippen molar-refractivity contribution < 1.29 is 0 Å². The van der Waals surface area contributed by atoms with E-state index >= 15 is 0 Å². The average Bonchev–Trinajstić information content (AvgIpc) is 2.82. The Morgan fingerprint density at radius 2 is 1.90 bits per heavy atom. The summed E-state index contributed by atoms with van der Waals surface area (Å²) < 4.78 is 2.02. The van der Waals surface area contributed by atoms with Gasteiger partial charge in [0.2, 0.25) is 0 Å². The molecule has 1 N–H and O–H groups in total. The van der Waals surface area contributed by atoms with Crippen molar-refractivity contribution in [1.29, 1.82) is 0 Å². The number of nitrogens with one attached hydrogen (secondary N) is 1. The Hall–Kier alpha value is -1.77. The van der Waals surface area contributed by atoms with Crippen molar-refractivity contribution in [3.63, 3.8) is 0 Å². The van der Waals surface area contributed by atoms with Crippen molar-refractivity contribution in [2.24, 2.45) is 7.05 Å². The van der Waals surface area contributed by atoms with E-state index in [1.54, 1.807) is 0 Å². The first-order valence-corrected chi connectivity index (χ1v) is 7.83. The lowest BCUT2D eigenvalue weighted by Crippen LogP contribution is -2.18. The van der Waals surface area contributed by atoms with Crippen molar-refractivity contribution in [2.75, 3.05) is 5.32 Å². The molecule has 3 rings (SSSR count). The van der Waals surface area contributed by atoms with E-state index in [-0.39, 0.29) is 5.41 Å². The molecule has 1 aromatic heterocycles. The van der Waals surface area contributed by atoms with Gasteiger partial charge in [0.1, 0.15) is 0 Å². The SMILES string of the molecule is Cn1ncc2c1CCCC2Nc1ccc(C(C)(C)C)cc1. The first-order valence-electron chi connectivity index (χ1n) is 7.83. The number of benzene rings is 1. The van der Waals surface area contributed by atoms with Crippen LogP contribution in [-0.2, 0) is 18.9 Å². The van der Waals surface area contributed by atoms with Crippen LogP contribution in [0.1, 0.15) is 56.5 Å². The van der Waals surface area contributed by atoms with Crippen LogP contribution in [0.2, 0.25) is 0 Å². The Kier molecular flexibility index (Phi) is 3.52. The first kappa shape index (κ1) is 14.2. The molecule has 1 atom stereocenters. The molecule has 0 spiro atoms. The molecule has 1 aliphatic rings. The van der Waals surface area contributed by atoms with Crippen LogP contribution in [-0.4, -0.2) is 9.78 Å². The van der Waals surface area contributed by atoms with Crippen LogP contribution in [0.25, 0.3) is 0 Å². The zero-order chi connectivity index (χ0) is 15.0. The fraction of sp³-hybridized carbons (Fsp3) is 0.500. The van der Waals surface area contributed by atoms with Crippen molar-refractivity contribution in [3.8, 4) is 0 Å². The second-order valence-corrected chi connectivity index (χ2v) is 7.09. The third-order valence-corrected chi connectivity index (χ3v) is 4.47. The second-order valence-electron chi connectivity index (χ2n) is 7.09. The Morgan fingerprint density at radius 3 is 2.57 bits per heavy atom. The minimum atomic E-state index is 0.208. The fourth-order valence-electron chi connectivity index (χ4n) is 3.12. The minimum Gasteiger partial charge on any atom is -0.378 e. The van der Waals surface area contributed by atoms with E-state index in [1.165, 1.54) is 35.3 Å². The van der Waals surface area contributed by atoms with Gasteiger partial charge in [0, 0.05) is 24.0 Å². The smallest absolute Gasteiger partial charge is 0.0547 e. The molecule has 0 saturated carbocycles. The van der Waals surface area contributed by atoms with Crippen LogP contribution < -0.4 is 5.32 Å². The topological polar surface area (TPSA) is 29.9 Å². The van der Waals surface area contributed by atoms with Crippen molar-refractivity contribution in [3.05, 3.63) is 47.3 Å². The van der Waals surface area contributed by atoms with E-state index in [9.17, 15) is 0 Å². The van der Waals surface area contributed by atoms with Crippen LogP contribution in [0.3, 0.4) is 0 Å². The molecule has 1 heterocycles. The van der Waals surface area contributed by atoms with E-state index in [0.717, 1.165) is 6.42 Å². The highest BCUT2D eigenvalue weighted by atomic mass is 15.3. The van der Waals surface area contributed by atoms with Gasteiger partial charge >= 0.3 is 0 Å². The molecule has 0 radical (unpaired) electrons. The highest BCUT2D eigenvalue weighted by Gasteiger charge is 2.23. The number of rotatable bonds is 2. The zero-order valence-corrected chi connectivity index (χ0v) is 13.5. The van der Waals surface area contributed by atoms with Gasteiger partial charge in [0.15, 0.2) is 0 Å². The lowest BCUT2D eigenvalue weighted by molar-refractivity contribution is 0.571. The van der Waals surface area contributed by atoms with Crippen LogP contribution in [0.5, 0.6) is 0 Å². The van der Waals surface area contributed by atoms with E-state index in [1.807, 2.05) is 17.9 Å². The Balaban J connectivity index is 1.79. The quantitative estimate of drug-likeness (QED) is 0.895. The molecular weight excluding hydrogens is 258 g/mol. The standard InChI is InChI=1S/C18H25N3/c1-18(2,3)13-8-10-14(11-9-13)20-16-6-5-7-17-15(16)12-19-21(17)4/h8-12,16,20H,5-7H2,1-4H3. The zero-order valence-electron chi connectivity index (χ0n) is 13.5. The van der Waals surface area contributed by atoms with Gasteiger partial charge in [-0.15, -0.1) is 0 Å². The third-order valence-electron chi connectivity index (χ3n) is 4.47. The minimum absolute atomic E-state index is 0.208. The van der Waals surface area contributed by atoms with Gasteiger partial charge in [-0.3, -0.25) is 4.68 Å². The molecule has 2 aromatic rings. The first-order chi connectivity index (χ1) is 9.95. The molecule has 21 heavy (non-hydrogen) atoms. The number of nitrogens with zero attached hydrogens (tertiary/aromatic N) is 2. The highest BCUT2D eigenvalue weighted by molar-refractivity contribution is 5.48. The van der Waals surface area contributed by atoms with E-state index in [2.05, 4.69) is 55.5 Å². The van der Waals surface area contributed by atoms with Crippen molar-refractivity contribution in [1.82, 2.24) is 9.78 Å². The molecule has 0 amide bonds. The molecule has 1 aromatic carbocycles. The summed E-state index contributed by atoms with van der Waals surface area (Å²) in [6.07, 6.45) is 5.58. The van der Waals surface area contributed by atoms with Crippen LogP contribution in [0, 0.1) is 0 Å². The highest BCUT2D eigenvalue weighted by Crippen LogP contribution is 2.32. The summed E-state index contributed by atoms with van der Waals surface area (Å²) in [7, 11) is 2.04. The molecular formula is C18H25N3. The number of hydrogen-bond donors (Lipinski definition) is 1. The largest absolute Gasteiger partial charge is 0.378 e. The second kappa shape index (κ2) is 5.21. The monoisotopic (exact) mass is 283 g/mol. The molecule has 0 saturated heterocycles. The number of fused-ring (bicyclic) bond motifs is 1. The van der Waals surface area contributed by atoms with Gasteiger partial charge in [-0.1, -0.05) is 32.9 Å². The summed E-state index contributed by atoms with van der Waals surface area (Å²) in [6, 6.07) is 9.25. The summed E-state index contributed by atoms with van der Waals surface area (Å²) >= 11 is 0. The molecule has 0 aliphatic heterocycles. The summed E-state index contributed by atoms with van der Waals surface area (Å²) in [6.45, 7) is 6.75. The van der Waals surface area contributed by atoms with Gasteiger partial charge in [-0.2, -0.15) is 5.10 Å². The summed E-state index contributed by atoms with van der Waals surface area (Å²) in [5.74, 6) is 0. The van der Waals surface area contributed by atoms with Gasteiger partial charge in [0.25, 0.3) is 0 Å². The number of aryl methyl sites for hydroxylation is 1. The summed E-state index contributed by atoms with van der Waals surface area (Å²) in [5.41, 5.74) is 5.53. The molecule has 1 unspecified atom stereocenters. The Morgan fingerprint density at radius 1 is 1.19 bits per heavy atom. The van der Waals surface area contributed by atoms with Crippen LogP contribution >= 0.6 is 0 Å². The molecule has 0 fully saturated rings. The van der Waals surface area contributed by atoms with Crippen LogP contribution in [0.4, 0.5) is 5.69 Å². The maximum Gasteiger partial charge on any atom is 0.0547 e. The van der Waals surface area contributed by atoms with Gasteiger partial charge in [-0.25, -0.2) is 0 Å². The maximum absolute atomic E-state index is 4.41. The van der Waals surface area contributed by atoms with E-state index in [0.29, 0.717) is 6.04 Å². The molecule has 0 bridgehead atoms. The van der Waals surface area contributed by atoms with Crippen molar-refractivity contribution >= 4 is 5.69 Å². The fourth-order valence-corrected chi connectivity index (χ4v) is 3.12. The van der Waals surface area contributed by atoms with Gasteiger partial charge in [-0.05, 0) is 42.4 Å². The molecule has 3 nitrogen and oxygen atoms in total. The number of hydrogen-bond acceptors (Lipinski definition) is 2. The Bertz CT molecular complexity index is 617. The number of aromatic nitrogens is 2. The lowest BCUT2D eigenvalue weighted by atomic mass is 9.87. The summed E-state index contributed by atoms with van der Waals surface area (Å²) in [5, 5.41) is 8.09. The van der Waals surface area contributed by atoms with E-state index in [4.69, 9.17) is 0 Å². The van der Waals surface area contributed by atoms with Gasteiger partial charge < -0.3 is 5.32 Å². The normalized spacial score (nSPS) is 18.4. The van der Waals surface area contributed by atoms with Crippen LogP contribution in [0.15, 0.2) is 30.5 Å². The predicted octanol–water partition coefficient (Wildman–Crippen LogP) is 4.21. The van der Waals surface area contributed by atoms with Gasteiger partial charge in [0.05, 0.1) is 12.2 Å². The Labute approximate surface area is 127 Å². The maximum atomic E-state index is 4.41. The number of anilines is 1.